The summed E-state index contributed by atoms with van der Waals surface area (Å²) in [6, 6.07) is 11.2. The minimum Gasteiger partial charge on any atom is -0.492 e. The van der Waals surface area contributed by atoms with Crippen molar-refractivity contribution in [3.63, 3.8) is 0 Å². The minimum absolute atomic E-state index is 0.0141. The van der Waals surface area contributed by atoms with Crippen LogP contribution >= 0.6 is 11.6 Å². The molecule has 142 valence electrons. The van der Waals surface area contributed by atoms with Gasteiger partial charge in [0.05, 0.1) is 0 Å². The molecule has 4 heteroatoms. The SMILES string of the molecule is Cc1cc(C(=O)/C=C/c2ccc(Cl)cc2)cc(C)c1OCCN1CCCC1. The van der Waals surface area contributed by atoms with Crippen molar-refractivity contribution >= 4 is 23.5 Å². The lowest BCUT2D eigenvalue weighted by Crippen LogP contribution is -2.25. The number of carbonyl (C=O) groups excluding carboxylic acids is 1. The molecule has 0 radical (unpaired) electrons. The molecule has 0 unspecified atom stereocenters. The quantitative estimate of drug-likeness (QED) is 0.478. The highest BCUT2D eigenvalue weighted by atomic mass is 35.5. The van der Waals surface area contributed by atoms with E-state index in [4.69, 9.17) is 16.3 Å². The number of benzene rings is 2. The van der Waals surface area contributed by atoms with Crippen LogP contribution in [0.15, 0.2) is 42.5 Å². The van der Waals surface area contributed by atoms with Crippen molar-refractivity contribution in [1.82, 2.24) is 4.90 Å². The fourth-order valence-electron chi connectivity index (χ4n) is 3.45. The zero-order chi connectivity index (χ0) is 19.2. The van der Waals surface area contributed by atoms with Crippen LogP contribution in [-0.4, -0.2) is 36.9 Å². The number of ketones is 1. The Morgan fingerprint density at radius 1 is 1.11 bits per heavy atom. The highest BCUT2D eigenvalue weighted by Crippen LogP contribution is 2.25. The van der Waals surface area contributed by atoms with Gasteiger partial charge in [0.2, 0.25) is 0 Å². The van der Waals surface area contributed by atoms with Crippen LogP contribution in [0.4, 0.5) is 0 Å². The first-order valence-electron chi connectivity index (χ1n) is 9.47. The van der Waals surface area contributed by atoms with Crippen molar-refractivity contribution in [2.75, 3.05) is 26.2 Å². The number of carbonyl (C=O) groups is 1. The molecule has 1 fully saturated rings. The van der Waals surface area contributed by atoms with E-state index in [2.05, 4.69) is 4.90 Å². The van der Waals surface area contributed by atoms with Crippen LogP contribution in [0.2, 0.25) is 5.02 Å². The van der Waals surface area contributed by atoms with Gasteiger partial charge in [0.15, 0.2) is 5.78 Å². The summed E-state index contributed by atoms with van der Waals surface area (Å²) in [4.78, 5) is 15.0. The number of allylic oxidation sites excluding steroid dienone is 1. The molecular weight excluding hydrogens is 358 g/mol. The maximum absolute atomic E-state index is 12.5. The lowest BCUT2D eigenvalue weighted by Gasteiger charge is -2.17. The van der Waals surface area contributed by atoms with Crippen molar-refractivity contribution < 1.29 is 9.53 Å². The predicted molar refractivity (Wildman–Crippen MR) is 112 cm³/mol. The van der Waals surface area contributed by atoms with Gasteiger partial charge >= 0.3 is 0 Å². The topological polar surface area (TPSA) is 29.5 Å². The summed E-state index contributed by atoms with van der Waals surface area (Å²) in [6.45, 7) is 7.99. The van der Waals surface area contributed by atoms with E-state index in [1.54, 1.807) is 6.08 Å². The standard InChI is InChI=1S/C23H26ClNO2/c1-17-15-20(22(26)10-7-19-5-8-21(24)9-6-19)16-18(2)23(17)27-14-13-25-11-3-4-12-25/h5-10,15-16H,3-4,11-14H2,1-2H3/b10-7+. The van der Waals surface area contributed by atoms with Crippen molar-refractivity contribution in [3.8, 4) is 5.75 Å². The van der Waals surface area contributed by atoms with Gasteiger partial charge in [-0.15, -0.1) is 0 Å². The molecule has 27 heavy (non-hydrogen) atoms. The van der Waals surface area contributed by atoms with E-state index in [1.165, 1.54) is 25.9 Å². The number of hydrogen-bond acceptors (Lipinski definition) is 3. The van der Waals surface area contributed by atoms with E-state index in [0.29, 0.717) is 17.2 Å². The monoisotopic (exact) mass is 383 g/mol. The average molecular weight is 384 g/mol. The van der Waals surface area contributed by atoms with Gasteiger partial charge in [-0.25, -0.2) is 0 Å². The number of nitrogens with zero attached hydrogens (tertiary/aromatic N) is 1. The van der Waals surface area contributed by atoms with Crippen LogP contribution in [0.5, 0.6) is 5.75 Å². The van der Waals surface area contributed by atoms with E-state index >= 15 is 0 Å². The molecule has 0 amide bonds. The average Bonchev–Trinajstić information content (AvgIpc) is 3.16. The molecule has 2 aromatic carbocycles. The van der Waals surface area contributed by atoms with Gasteiger partial charge < -0.3 is 4.74 Å². The maximum atomic E-state index is 12.5. The lowest BCUT2D eigenvalue weighted by molar-refractivity contribution is 0.104. The third-order valence-corrected chi connectivity index (χ3v) is 5.15. The van der Waals surface area contributed by atoms with Gasteiger partial charge in [-0.1, -0.05) is 29.8 Å². The third kappa shape index (κ3) is 5.44. The number of hydrogen-bond donors (Lipinski definition) is 0. The van der Waals surface area contributed by atoms with Crippen LogP contribution in [-0.2, 0) is 0 Å². The van der Waals surface area contributed by atoms with Crippen molar-refractivity contribution in [3.05, 3.63) is 69.8 Å². The molecule has 0 atom stereocenters. The summed E-state index contributed by atoms with van der Waals surface area (Å²) in [5.74, 6) is 0.882. The zero-order valence-electron chi connectivity index (χ0n) is 16.0. The molecule has 1 heterocycles. The molecule has 0 aromatic heterocycles. The van der Waals surface area contributed by atoms with Crippen LogP contribution in [0.1, 0.15) is 39.9 Å². The van der Waals surface area contributed by atoms with Gasteiger partial charge in [0.25, 0.3) is 0 Å². The molecule has 1 saturated heterocycles. The van der Waals surface area contributed by atoms with Gasteiger partial charge in [0, 0.05) is 17.1 Å². The van der Waals surface area contributed by atoms with E-state index in [9.17, 15) is 4.79 Å². The van der Waals surface area contributed by atoms with Gasteiger partial charge in [-0.3, -0.25) is 9.69 Å². The molecule has 3 rings (SSSR count). The molecule has 0 saturated carbocycles. The summed E-state index contributed by atoms with van der Waals surface area (Å²) in [5.41, 5.74) is 3.63. The van der Waals surface area contributed by atoms with Gasteiger partial charge in [-0.05, 0) is 86.8 Å². The van der Waals surface area contributed by atoms with Crippen molar-refractivity contribution in [2.45, 2.75) is 26.7 Å². The maximum Gasteiger partial charge on any atom is 0.185 e. The molecule has 0 bridgehead atoms. The van der Waals surface area contributed by atoms with E-state index in [-0.39, 0.29) is 5.78 Å². The Morgan fingerprint density at radius 3 is 2.37 bits per heavy atom. The zero-order valence-corrected chi connectivity index (χ0v) is 16.8. The number of rotatable bonds is 7. The largest absolute Gasteiger partial charge is 0.492 e. The Hall–Kier alpha value is -2.10. The number of ether oxygens (including phenoxy) is 1. The Labute approximate surface area is 166 Å². The Bertz CT molecular complexity index is 798. The first kappa shape index (κ1) is 19.7. The Kier molecular flexibility index (Phi) is 6.70. The Morgan fingerprint density at radius 2 is 1.74 bits per heavy atom. The van der Waals surface area contributed by atoms with Crippen molar-refractivity contribution in [1.29, 1.82) is 0 Å². The summed E-state index contributed by atoms with van der Waals surface area (Å²) < 4.78 is 6.02. The van der Waals surface area contributed by atoms with Crippen LogP contribution < -0.4 is 4.74 Å². The highest BCUT2D eigenvalue weighted by Gasteiger charge is 2.13. The number of likely N-dealkylation sites (tertiary alicyclic amines) is 1. The lowest BCUT2D eigenvalue weighted by atomic mass is 10.0. The van der Waals surface area contributed by atoms with E-state index in [1.807, 2.05) is 56.3 Å². The first-order chi connectivity index (χ1) is 13.0. The molecule has 2 aromatic rings. The second-order valence-electron chi connectivity index (χ2n) is 7.09. The van der Waals surface area contributed by atoms with Gasteiger partial charge in [0.1, 0.15) is 12.4 Å². The van der Waals surface area contributed by atoms with Crippen molar-refractivity contribution in [2.24, 2.45) is 0 Å². The Balaban J connectivity index is 1.63. The van der Waals surface area contributed by atoms with Crippen LogP contribution in [0, 0.1) is 13.8 Å². The number of halogens is 1. The third-order valence-electron chi connectivity index (χ3n) is 4.89. The molecule has 0 aliphatic carbocycles. The molecule has 0 spiro atoms. The van der Waals surface area contributed by atoms with Gasteiger partial charge in [-0.2, -0.15) is 0 Å². The fraction of sp³-hybridized carbons (Fsp3) is 0.348. The normalized spacial score (nSPS) is 14.8. The van der Waals surface area contributed by atoms with Crippen LogP contribution in [0.3, 0.4) is 0 Å². The molecular formula is C23H26ClNO2. The second-order valence-corrected chi connectivity index (χ2v) is 7.52. The summed E-state index contributed by atoms with van der Waals surface area (Å²) in [7, 11) is 0. The molecule has 3 nitrogen and oxygen atoms in total. The van der Waals surface area contributed by atoms with E-state index in [0.717, 1.165) is 29.0 Å². The molecule has 1 aliphatic heterocycles. The van der Waals surface area contributed by atoms with E-state index < -0.39 is 0 Å². The summed E-state index contributed by atoms with van der Waals surface area (Å²) >= 11 is 5.89. The molecule has 0 N–H and O–H groups in total. The smallest absolute Gasteiger partial charge is 0.185 e. The summed E-state index contributed by atoms with van der Waals surface area (Å²) in [6.07, 6.45) is 5.99. The number of aryl methyl sites for hydroxylation is 2. The van der Waals surface area contributed by atoms with Crippen LogP contribution in [0.25, 0.3) is 6.08 Å². The minimum atomic E-state index is -0.0141. The second kappa shape index (κ2) is 9.20. The predicted octanol–water partition coefficient (Wildman–Crippen LogP) is 5.33. The first-order valence-corrected chi connectivity index (χ1v) is 9.85. The molecule has 1 aliphatic rings. The highest BCUT2D eigenvalue weighted by molar-refractivity contribution is 6.30. The fourth-order valence-corrected chi connectivity index (χ4v) is 3.57. The summed E-state index contributed by atoms with van der Waals surface area (Å²) in [5, 5.41) is 0.685.